The van der Waals surface area contributed by atoms with Crippen molar-refractivity contribution in [3.8, 4) is 0 Å². The molecule has 0 amide bonds. The van der Waals surface area contributed by atoms with Crippen LogP contribution < -0.4 is 0 Å². The van der Waals surface area contributed by atoms with E-state index in [1.807, 2.05) is 0 Å². The topological polar surface area (TPSA) is 23.5 Å². The van der Waals surface area contributed by atoms with Gasteiger partial charge in [0.25, 0.3) is 0 Å². The van der Waals surface area contributed by atoms with Crippen LogP contribution in [0.25, 0.3) is 0 Å². The molecule has 2 heteroatoms. The summed E-state index contributed by atoms with van der Waals surface area (Å²) in [4.78, 5) is 2.58. The highest BCUT2D eigenvalue weighted by atomic mass is 16.3. The van der Waals surface area contributed by atoms with Crippen LogP contribution >= 0.6 is 0 Å². The summed E-state index contributed by atoms with van der Waals surface area (Å²) in [5.41, 5.74) is 0.553. The van der Waals surface area contributed by atoms with Crippen LogP contribution in [0.5, 0.6) is 0 Å². The van der Waals surface area contributed by atoms with Crippen molar-refractivity contribution < 1.29 is 5.11 Å². The molecule has 0 aromatic heterocycles. The van der Waals surface area contributed by atoms with Gasteiger partial charge < -0.3 is 5.11 Å². The third-order valence-corrected chi connectivity index (χ3v) is 5.13. The molecule has 0 aromatic carbocycles. The Morgan fingerprint density at radius 2 is 1.88 bits per heavy atom. The zero-order valence-corrected chi connectivity index (χ0v) is 10.9. The minimum Gasteiger partial charge on any atom is -0.391 e. The molecule has 1 aliphatic carbocycles. The van der Waals surface area contributed by atoms with Gasteiger partial charge in [0, 0.05) is 12.6 Å². The SMILES string of the molecule is CCC1(CC)CCN([C@@H]2CCCC[C@H]2O)C1. The Hall–Kier alpha value is -0.0800. The summed E-state index contributed by atoms with van der Waals surface area (Å²) in [7, 11) is 0. The fraction of sp³-hybridized carbons (Fsp3) is 1.00. The van der Waals surface area contributed by atoms with Crippen molar-refractivity contribution in [1.29, 1.82) is 0 Å². The fourth-order valence-corrected chi connectivity index (χ4v) is 3.60. The molecular formula is C14H27NO. The second-order valence-corrected chi connectivity index (χ2v) is 5.85. The highest BCUT2D eigenvalue weighted by molar-refractivity contribution is 4.93. The summed E-state index contributed by atoms with van der Waals surface area (Å²) >= 11 is 0. The predicted octanol–water partition coefficient (Wildman–Crippen LogP) is 2.80. The van der Waals surface area contributed by atoms with E-state index in [9.17, 15) is 5.11 Å². The monoisotopic (exact) mass is 225 g/mol. The van der Waals surface area contributed by atoms with Gasteiger partial charge in [-0.2, -0.15) is 0 Å². The molecule has 2 aliphatic rings. The van der Waals surface area contributed by atoms with Gasteiger partial charge in [-0.05, 0) is 44.1 Å². The molecule has 1 saturated carbocycles. The number of hydrogen-bond acceptors (Lipinski definition) is 2. The maximum Gasteiger partial charge on any atom is 0.0695 e. The lowest BCUT2D eigenvalue weighted by molar-refractivity contribution is 0.0250. The van der Waals surface area contributed by atoms with E-state index in [4.69, 9.17) is 0 Å². The predicted molar refractivity (Wildman–Crippen MR) is 67.5 cm³/mol. The molecule has 1 saturated heterocycles. The molecule has 94 valence electrons. The summed E-state index contributed by atoms with van der Waals surface area (Å²) in [6.07, 6.45) is 8.63. The molecule has 1 heterocycles. The van der Waals surface area contributed by atoms with Crippen molar-refractivity contribution in [2.75, 3.05) is 13.1 Å². The lowest BCUT2D eigenvalue weighted by atomic mass is 9.81. The van der Waals surface area contributed by atoms with Gasteiger partial charge in [-0.1, -0.05) is 26.7 Å². The van der Waals surface area contributed by atoms with Gasteiger partial charge in [-0.3, -0.25) is 4.90 Å². The lowest BCUT2D eigenvalue weighted by Gasteiger charge is -2.36. The van der Waals surface area contributed by atoms with Gasteiger partial charge in [0.15, 0.2) is 0 Å². The van der Waals surface area contributed by atoms with Crippen LogP contribution in [0.1, 0.15) is 58.8 Å². The molecule has 0 radical (unpaired) electrons. The molecule has 1 aliphatic heterocycles. The second kappa shape index (κ2) is 5.05. The maximum atomic E-state index is 10.1. The van der Waals surface area contributed by atoms with E-state index in [-0.39, 0.29) is 6.10 Å². The Labute approximate surface area is 100 Å². The lowest BCUT2D eigenvalue weighted by Crippen LogP contribution is -2.45. The first-order valence-corrected chi connectivity index (χ1v) is 7.13. The maximum absolute atomic E-state index is 10.1. The number of rotatable bonds is 3. The van der Waals surface area contributed by atoms with Gasteiger partial charge in [-0.25, -0.2) is 0 Å². The average Bonchev–Trinajstić information content (AvgIpc) is 2.75. The number of likely N-dealkylation sites (tertiary alicyclic amines) is 1. The van der Waals surface area contributed by atoms with E-state index in [1.165, 1.54) is 51.6 Å². The Morgan fingerprint density at radius 1 is 1.19 bits per heavy atom. The molecule has 2 rings (SSSR count). The van der Waals surface area contributed by atoms with E-state index < -0.39 is 0 Å². The minimum absolute atomic E-state index is 0.0572. The Bertz CT molecular complexity index is 225. The quantitative estimate of drug-likeness (QED) is 0.798. The third kappa shape index (κ3) is 2.28. The van der Waals surface area contributed by atoms with Crippen LogP contribution in [0.2, 0.25) is 0 Å². The standard InChI is InChI=1S/C14H27NO/c1-3-14(4-2)9-10-15(11-14)12-7-5-6-8-13(12)16/h12-13,16H,3-11H2,1-2H3/t12-,13-/m1/s1. The van der Waals surface area contributed by atoms with Crippen molar-refractivity contribution >= 4 is 0 Å². The smallest absolute Gasteiger partial charge is 0.0695 e. The van der Waals surface area contributed by atoms with Crippen LogP contribution in [-0.2, 0) is 0 Å². The summed E-state index contributed by atoms with van der Waals surface area (Å²) in [6, 6.07) is 0.466. The number of hydrogen-bond donors (Lipinski definition) is 1. The van der Waals surface area contributed by atoms with Crippen molar-refractivity contribution in [1.82, 2.24) is 4.90 Å². The summed E-state index contributed by atoms with van der Waals surface area (Å²) in [5, 5.41) is 10.1. The molecule has 0 spiro atoms. The van der Waals surface area contributed by atoms with Gasteiger partial charge in [-0.15, -0.1) is 0 Å². The van der Waals surface area contributed by atoms with Crippen LogP contribution in [-0.4, -0.2) is 35.2 Å². The number of nitrogens with zero attached hydrogens (tertiary/aromatic N) is 1. The summed E-state index contributed by atoms with van der Waals surface area (Å²) in [5.74, 6) is 0. The fourth-order valence-electron chi connectivity index (χ4n) is 3.60. The van der Waals surface area contributed by atoms with Crippen LogP contribution in [0, 0.1) is 5.41 Å². The van der Waals surface area contributed by atoms with Gasteiger partial charge >= 0.3 is 0 Å². The van der Waals surface area contributed by atoms with E-state index >= 15 is 0 Å². The van der Waals surface area contributed by atoms with Gasteiger partial charge in [0.05, 0.1) is 6.10 Å². The van der Waals surface area contributed by atoms with Crippen LogP contribution in [0.3, 0.4) is 0 Å². The van der Waals surface area contributed by atoms with E-state index in [2.05, 4.69) is 18.7 Å². The van der Waals surface area contributed by atoms with E-state index in [0.29, 0.717) is 11.5 Å². The van der Waals surface area contributed by atoms with Crippen LogP contribution in [0.4, 0.5) is 0 Å². The van der Waals surface area contributed by atoms with Crippen molar-refractivity contribution in [2.24, 2.45) is 5.41 Å². The van der Waals surface area contributed by atoms with Crippen LogP contribution in [0.15, 0.2) is 0 Å². The van der Waals surface area contributed by atoms with Crippen molar-refractivity contribution in [3.63, 3.8) is 0 Å². The molecule has 2 atom stereocenters. The summed E-state index contributed by atoms with van der Waals surface area (Å²) < 4.78 is 0. The molecule has 2 fully saturated rings. The average molecular weight is 225 g/mol. The normalized spacial score (nSPS) is 35.4. The first-order valence-electron chi connectivity index (χ1n) is 7.13. The Kier molecular flexibility index (Phi) is 3.91. The largest absolute Gasteiger partial charge is 0.391 e. The van der Waals surface area contributed by atoms with E-state index in [1.54, 1.807) is 0 Å². The third-order valence-electron chi connectivity index (χ3n) is 5.13. The zero-order valence-electron chi connectivity index (χ0n) is 10.9. The highest BCUT2D eigenvalue weighted by Gasteiger charge is 2.40. The Morgan fingerprint density at radius 3 is 2.44 bits per heavy atom. The van der Waals surface area contributed by atoms with Crippen molar-refractivity contribution in [3.05, 3.63) is 0 Å². The molecular weight excluding hydrogens is 198 g/mol. The first kappa shape index (κ1) is 12.4. The highest BCUT2D eigenvalue weighted by Crippen LogP contribution is 2.39. The van der Waals surface area contributed by atoms with Crippen molar-refractivity contribution in [2.45, 2.75) is 70.9 Å². The molecule has 2 nitrogen and oxygen atoms in total. The molecule has 1 N–H and O–H groups in total. The zero-order chi connectivity index (χ0) is 11.6. The van der Waals surface area contributed by atoms with Gasteiger partial charge in [0.2, 0.25) is 0 Å². The molecule has 16 heavy (non-hydrogen) atoms. The molecule has 0 unspecified atom stereocenters. The first-order chi connectivity index (χ1) is 7.71. The van der Waals surface area contributed by atoms with E-state index in [0.717, 1.165) is 6.42 Å². The number of aliphatic hydroxyl groups is 1. The second-order valence-electron chi connectivity index (χ2n) is 5.85. The minimum atomic E-state index is -0.0572. The summed E-state index contributed by atoms with van der Waals surface area (Å²) in [6.45, 7) is 7.08. The van der Waals surface area contributed by atoms with Gasteiger partial charge in [0.1, 0.15) is 0 Å². The molecule has 0 bridgehead atoms. The molecule has 0 aromatic rings. The Balaban J connectivity index is 1.96. The number of aliphatic hydroxyl groups excluding tert-OH is 1.